The van der Waals surface area contributed by atoms with Gasteiger partial charge in [0, 0.05) is 27.1 Å². The molecule has 0 N–H and O–H groups in total. The first-order valence-corrected chi connectivity index (χ1v) is 6.25. The molecule has 2 aliphatic heterocycles. The first-order valence-electron chi connectivity index (χ1n) is 6.25. The van der Waals surface area contributed by atoms with E-state index >= 15 is 0 Å². The number of rotatable bonds is 5. The molecular formula is C13H20O5. The van der Waals surface area contributed by atoms with E-state index in [4.69, 9.17) is 18.9 Å². The summed E-state index contributed by atoms with van der Waals surface area (Å²) in [6.45, 7) is 4.00. The van der Waals surface area contributed by atoms with Crippen molar-refractivity contribution in [3.63, 3.8) is 0 Å². The van der Waals surface area contributed by atoms with Crippen LogP contribution in [0.2, 0.25) is 0 Å². The molecule has 2 aliphatic rings. The fourth-order valence-electron chi connectivity index (χ4n) is 2.50. The summed E-state index contributed by atoms with van der Waals surface area (Å²) in [4.78, 5) is 11.3. The number of ether oxygens (including phenoxy) is 4. The second-order valence-corrected chi connectivity index (χ2v) is 4.67. The largest absolute Gasteiger partial charge is 0.455 e. The molecule has 102 valence electrons. The smallest absolute Gasteiger partial charge is 0.306 e. The van der Waals surface area contributed by atoms with Crippen LogP contribution in [-0.2, 0) is 23.7 Å². The van der Waals surface area contributed by atoms with Crippen LogP contribution < -0.4 is 0 Å². The summed E-state index contributed by atoms with van der Waals surface area (Å²) in [5, 5.41) is 0. The van der Waals surface area contributed by atoms with E-state index < -0.39 is 0 Å². The van der Waals surface area contributed by atoms with Gasteiger partial charge in [-0.3, -0.25) is 4.79 Å². The second kappa shape index (κ2) is 5.82. The standard InChI is InChI=1S/C13H20O5/c1-8-9(5-7-12(15-2)16-3)17-10-4-6-11(14)18-13(8)10/h9-10,12-13H,1,4-7H2,2-3H3/t9-,10?,13?/m0/s1. The van der Waals surface area contributed by atoms with E-state index in [1.165, 1.54) is 0 Å². The van der Waals surface area contributed by atoms with Crippen LogP contribution in [0.4, 0.5) is 0 Å². The van der Waals surface area contributed by atoms with Gasteiger partial charge in [-0.15, -0.1) is 0 Å². The zero-order chi connectivity index (χ0) is 13.1. The third kappa shape index (κ3) is 2.74. The van der Waals surface area contributed by atoms with Gasteiger partial charge in [-0.05, 0) is 18.4 Å². The molecule has 5 nitrogen and oxygen atoms in total. The fraction of sp³-hybridized carbons (Fsp3) is 0.769. The van der Waals surface area contributed by atoms with Crippen molar-refractivity contribution in [3.05, 3.63) is 12.2 Å². The van der Waals surface area contributed by atoms with Crippen LogP contribution in [0.15, 0.2) is 12.2 Å². The van der Waals surface area contributed by atoms with E-state index in [2.05, 4.69) is 6.58 Å². The minimum Gasteiger partial charge on any atom is -0.455 e. The molecule has 18 heavy (non-hydrogen) atoms. The first kappa shape index (κ1) is 13.5. The number of carbonyl (C=O) groups is 1. The maximum atomic E-state index is 11.3. The molecule has 2 saturated heterocycles. The molecule has 0 spiro atoms. The fourth-order valence-corrected chi connectivity index (χ4v) is 2.50. The maximum absolute atomic E-state index is 11.3. The summed E-state index contributed by atoms with van der Waals surface area (Å²) in [6.07, 6.45) is 2.05. The van der Waals surface area contributed by atoms with Crippen LogP contribution in [0.3, 0.4) is 0 Å². The first-order chi connectivity index (χ1) is 8.65. The molecule has 5 heteroatoms. The van der Waals surface area contributed by atoms with E-state index in [-0.39, 0.29) is 30.6 Å². The molecular weight excluding hydrogens is 236 g/mol. The van der Waals surface area contributed by atoms with Gasteiger partial charge in [-0.25, -0.2) is 0 Å². The van der Waals surface area contributed by atoms with Gasteiger partial charge in [-0.2, -0.15) is 0 Å². The van der Waals surface area contributed by atoms with Gasteiger partial charge >= 0.3 is 5.97 Å². The van der Waals surface area contributed by atoms with Crippen molar-refractivity contribution in [2.24, 2.45) is 0 Å². The Labute approximate surface area is 107 Å². The molecule has 3 atom stereocenters. The highest BCUT2D eigenvalue weighted by Crippen LogP contribution is 2.35. The third-order valence-corrected chi connectivity index (χ3v) is 3.54. The van der Waals surface area contributed by atoms with Gasteiger partial charge in [0.1, 0.15) is 0 Å². The molecule has 2 rings (SSSR count). The van der Waals surface area contributed by atoms with E-state index in [1.807, 2.05) is 0 Å². The highest BCUT2D eigenvalue weighted by atomic mass is 16.7. The van der Waals surface area contributed by atoms with E-state index in [0.717, 1.165) is 24.8 Å². The van der Waals surface area contributed by atoms with Crippen LogP contribution in [0.5, 0.6) is 0 Å². The van der Waals surface area contributed by atoms with Gasteiger partial charge in [0.15, 0.2) is 12.4 Å². The molecule has 0 aliphatic carbocycles. The van der Waals surface area contributed by atoms with Crippen molar-refractivity contribution in [2.45, 2.75) is 50.3 Å². The summed E-state index contributed by atoms with van der Waals surface area (Å²) >= 11 is 0. The molecule has 0 aromatic rings. The lowest BCUT2D eigenvalue weighted by molar-refractivity contribution is -0.158. The minimum absolute atomic E-state index is 0.0243. The number of hydrogen-bond acceptors (Lipinski definition) is 5. The van der Waals surface area contributed by atoms with Crippen molar-refractivity contribution >= 4 is 5.97 Å². The highest BCUT2D eigenvalue weighted by Gasteiger charge is 2.43. The molecule has 2 heterocycles. The number of methoxy groups -OCH3 is 2. The zero-order valence-corrected chi connectivity index (χ0v) is 10.9. The Morgan fingerprint density at radius 3 is 2.83 bits per heavy atom. The predicted octanol–water partition coefficient (Wildman–Crippen LogP) is 1.41. The lowest BCUT2D eigenvalue weighted by atomic mass is 9.98. The van der Waals surface area contributed by atoms with Gasteiger partial charge in [0.05, 0.1) is 12.2 Å². The molecule has 0 amide bonds. The van der Waals surface area contributed by atoms with E-state index in [1.54, 1.807) is 14.2 Å². The monoisotopic (exact) mass is 256 g/mol. The van der Waals surface area contributed by atoms with Crippen LogP contribution in [0, 0.1) is 0 Å². The topological polar surface area (TPSA) is 54.0 Å². The van der Waals surface area contributed by atoms with E-state index in [9.17, 15) is 4.79 Å². The van der Waals surface area contributed by atoms with Gasteiger partial charge in [0.25, 0.3) is 0 Å². The van der Waals surface area contributed by atoms with Crippen molar-refractivity contribution < 1.29 is 23.7 Å². The molecule has 2 unspecified atom stereocenters. The quantitative estimate of drug-likeness (QED) is 0.423. The van der Waals surface area contributed by atoms with Crippen LogP contribution in [0.25, 0.3) is 0 Å². The summed E-state index contributed by atoms with van der Waals surface area (Å²) in [5.41, 5.74) is 0.860. The molecule has 2 fully saturated rings. The van der Waals surface area contributed by atoms with Crippen molar-refractivity contribution in [1.82, 2.24) is 0 Å². The van der Waals surface area contributed by atoms with Crippen molar-refractivity contribution in [3.8, 4) is 0 Å². The minimum atomic E-state index is -0.264. The molecule has 0 bridgehead atoms. The molecule has 0 saturated carbocycles. The Hall–Kier alpha value is -0.910. The molecule has 0 aromatic heterocycles. The summed E-state index contributed by atoms with van der Waals surface area (Å²) in [7, 11) is 3.22. The van der Waals surface area contributed by atoms with Gasteiger partial charge in [-0.1, -0.05) is 6.58 Å². The Kier molecular flexibility index (Phi) is 4.37. The second-order valence-electron chi connectivity index (χ2n) is 4.67. The van der Waals surface area contributed by atoms with Crippen LogP contribution in [0.1, 0.15) is 25.7 Å². The number of carbonyl (C=O) groups excluding carboxylic acids is 1. The van der Waals surface area contributed by atoms with E-state index in [0.29, 0.717) is 6.42 Å². The Bertz CT molecular complexity index is 323. The zero-order valence-electron chi connectivity index (χ0n) is 10.9. The number of hydrogen-bond donors (Lipinski definition) is 0. The summed E-state index contributed by atoms with van der Waals surface area (Å²) < 4.78 is 21.4. The highest BCUT2D eigenvalue weighted by molar-refractivity contribution is 5.71. The van der Waals surface area contributed by atoms with Gasteiger partial charge < -0.3 is 18.9 Å². The third-order valence-electron chi connectivity index (χ3n) is 3.54. The number of esters is 1. The Balaban J connectivity index is 1.88. The van der Waals surface area contributed by atoms with Crippen molar-refractivity contribution in [1.29, 1.82) is 0 Å². The molecule has 0 radical (unpaired) electrons. The van der Waals surface area contributed by atoms with Crippen LogP contribution in [-0.4, -0.2) is 44.8 Å². The SMILES string of the molecule is C=C1C2OC(=O)CCC2O[C@H]1CCC(OC)OC. The maximum Gasteiger partial charge on any atom is 0.306 e. The van der Waals surface area contributed by atoms with Crippen molar-refractivity contribution in [2.75, 3.05) is 14.2 Å². The lowest BCUT2D eigenvalue weighted by Gasteiger charge is -2.23. The summed E-state index contributed by atoms with van der Waals surface area (Å²) in [6, 6.07) is 0. The normalized spacial score (nSPS) is 31.6. The van der Waals surface area contributed by atoms with Gasteiger partial charge in [0.2, 0.25) is 0 Å². The average Bonchev–Trinajstić information content (AvgIpc) is 2.68. The predicted molar refractivity (Wildman–Crippen MR) is 64.0 cm³/mol. The number of fused-ring (bicyclic) bond motifs is 1. The lowest BCUT2D eigenvalue weighted by Crippen LogP contribution is -2.33. The Morgan fingerprint density at radius 1 is 1.44 bits per heavy atom. The van der Waals surface area contributed by atoms with Crippen LogP contribution >= 0.6 is 0 Å². The summed E-state index contributed by atoms with van der Waals surface area (Å²) in [5.74, 6) is -0.159. The average molecular weight is 256 g/mol. The molecule has 0 aromatic carbocycles. The Morgan fingerprint density at radius 2 is 2.17 bits per heavy atom.